The Kier molecular flexibility index (Phi) is 6.79. The summed E-state index contributed by atoms with van der Waals surface area (Å²) in [4.78, 5) is 25.9. The minimum atomic E-state index is -2.34. The van der Waals surface area contributed by atoms with E-state index >= 15 is 0 Å². The van der Waals surface area contributed by atoms with Gasteiger partial charge in [-0.25, -0.2) is 33.7 Å². The fourth-order valence-corrected chi connectivity index (χ4v) is 4.74. The zero-order chi connectivity index (χ0) is 26.9. The topological polar surface area (TPSA) is 97.1 Å². The normalized spacial score (nSPS) is 14.4. The maximum absolute atomic E-state index is 12.7. The second kappa shape index (κ2) is 10.5. The highest BCUT2D eigenvalue weighted by Gasteiger charge is 2.22. The molecule has 0 spiro atoms. The minimum Gasteiger partial charge on any atom is -0.456 e. The third kappa shape index (κ3) is 5.38. The third-order valence-corrected chi connectivity index (χ3v) is 6.83. The molecule has 6 rings (SSSR count). The predicted octanol–water partition coefficient (Wildman–Crippen LogP) is 4.88. The molecule has 200 valence electrons. The first-order chi connectivity index (χ1) is 18.9. The van der Waals surface area contributed by atoms with Gasteiger partial charge >= 0.3 is 0 Å². The van der Waals surface area contributed by atoms with E-state index in [1.807, 2.05) is 40.8 Å². The van der Waals surface area contributed by atoms with E-state index in [2.05, 4.69) is 25.3 Å². The summed E-state index contributed by atoms with van der Waals surface area (Å²) in [6.45, 7) is 1.92. The van der Waals surface area contributed by atoms with Crippen LogP contribution in [0.1, 0.15) is 0 Å². The molecule has 39 heavy (non-hydrogen) atoms. The van der Waals surface area contributed by atoms with Gasteiger partial charge in [-0.3, -0.25) is 4.90 Å². The van der Waals surface area contributed by atoms with Crippen LogP contribution in [0, 0.1) is 0 Å². The Morgan fingerprint density at radius 3 is 2.64 bits per heavy atom. The first kappa shape index (κ1) is 25.1. The average Bonchev–Trinajstić information content (AvgIpc) is 3.30. The summed E-state index contributed by atoms with van der Waals surface area (Å²) in [7, 11) is 1.94. The lowest BCUT2D eigenvalue weighted by Crippen LogP contribution is -2.48. The smallest absolute Gasteiger partial charge is 0.251 e. The molecule has 5 aromatic rings. The molecule has 0 radical (unpaired) electrons. The number of nitrogens with zero attached hydrogens (tertiary/aromatic N) is 8. The first-order valence-electron chi connectivity index (χ1n) is 12.3. The third-order valence-electron chi connectivity index (χ3n) is 6.54. The number of piperazine rings is 1. The molecule has 0 aliphatic carbocycles. The Labute approximate surface area is 227 Å². The predicted molar refractivity (Wildman–Crippen MR) is 145 cm³/mol. The summed E-state index contributed by atoms with van der Waals surface area (Å²) < 4.78 is 33.4. The van der Waals surface area contributed by atoms with E-state index in [1.54, 1.807) is 29.6 Å². The summed E-state index contributed by atoms with van der Waals surface area (Å²) in [5.41, 5.74) is 3.64. The molecule has 1 saturated heterocycles. The average molecular weight is 552 g/mol. The van der Waals surface area contributed by atoms with Crippen molar-refractivity contribution in [1.29, 1.82) is 0 Å². The molecule has 0 unspecified atom stereocenters. The van der Waals surface area contributed by atoms with Crippen LogP contribution in [0.2, 0.25) is 5.02 Å². The zero-order valence-corrected chi connectivity index (χ0v) is 21.7. The number of rotatable bonds is 7. The molecular formula is C26H24ClF2N9O. The number of hydrogen-bond donors (Lipinski definition) is 1. The summed E-state index contributed by atoms with van der Waals surface area (Å²) in [5, 5.41) is 3.67. The van der Waals surface area contributed by atoms with Crippen LogP contribution in [0.25, 0.3) is 22.1 Å². The van der Waals surface area contributed by atoms with Crippen LogP contribution < -0.4 is 15.0 Å². The van der Waals surface area contributed by atoms with Crippen LogP contribution in [0.5, 0.6) is 11.5 Å². The second-order valence-corrected chi connectivity index (χ2v) is 9.59. The van der Waals surface area contributed by atoms with E-state index in [4.69, 9.17) is 21.3 Å². The van der Waals surface area contributed by atoms with Crippen LogP contribution in [0.4, 0.5) is 26.2 Å². The van der Waals surface area contributed by atoms with Gasteiger partial charge in [0.2, 0.25) is 5.95 Å². The maximum atomic E-state index is 12.7. The van der Waals surface area contributed by atoms with Crippen LogP contribution in [-0.4, -0.2) is 73.5 Å². The first-order valence-corrected chi connectivity index (χ1v) is 12.7. The minimum absolute atomic E-state index is 0.222. The Balaban J connectivity index is 1.19. The van der Waals surface area contributed by atoms with E-state index in [0.29, 0.717) is 71.2 Å². The quantitative estimate of drug-likeness (QED) is 0.303. The molecule has 1 aliphatic rings. The van der Waals surface area contributed by atoms with Crippen molar-refractivity contribution in [3.63, 3.8) is 0 Å². The largest absolute Gasteiger partial charge is 0.456 e. The van der Waals surface area contributed by atoms with Crippen LogP contribution in [-0.2, 0) is 7.05 Å². The lowest BCUT2D eigenvalue weighted by molar-refractivity contribution is 0.0853. The molecule has 1 aliphatic heterocycles. The number of anilines is 3. The van der Waals surface area contributed by atoms with Crippen molar-refractivity contribution >= 4 is 51.1 Å². The second-order valence-electron chi connectivity index (χ2n) is 9.18. The van der Waals surface area contributed by atoms with E-state index in [9.17, 15) is 8.78 Å². The molecule has 0 bridgehead atoms. The van der Waals surface area contributed by atoms with Crippen molar-refractivity contribution in [3.05, 3.63) is 60.3 Å². The molecule has 1 fully saturated rings. The van der Waals surface area contributed by atoms with Gasteiger partial charge in [0.05, 0.1) is 35.1 Å². The monoisotopic (exact) mass is 551 g/mol. The van der Waals surface area contributed by atoms with E-state index in [0.717, 1.165) is 11.0 Å². The molecule has 2 aromatic carbocycles. The van der Waals surface area contributed by atoms with Gasteiger partial charge in [0.15, 0.2) is 5.82 Å². The van der Waals surface area contributed by atoms with Crippen LogP contribution in [0.15, 0.2) is 55.2 Å². The van der Waals surface area contributed by atoms with Gasteiger partial charge in [-0.15, -0.1) is 0 Å². The molecule has 0 amide bonds. The van der Waals surface area contributed by atoms with E-state index in [-0.39, 0.29) is 6.54 Å². The number of benzene rings is 2. The Morgan fingerprint density at radius 2 is 1.85 bits per heavy atom. The summed E-state index contributed by atoms with van der Waals surface area (Å²) in [5.74, 6) is 2.12. The molecule has 0 saturated carbocycles. The number of ether oxygens (including phenoxy) is 1. The number of aryl methyl sites for hydroxylation is 1. The van der Waals surface area contributed by atoms with Crippen molar-refractivity contribution in [2.45, 2.75) is 6.43 Å². The van der Waals surface area contributed by atoms with Gasteiger partial charge in [0.1, 0.15) is 28.9 Å². The van der Waals surface area contributed by atoms with Gasteiger partial charge in [0, 0.05) is 45.0 Å². The fraction of sp³-hybridized carbons (Fsp3) is 0.269. The Bertz CT molecular complexity index is 1640. The number of fused-ring (bicyclic) bond motifs is 2. The number of nitrogens with one attached hydrogen (secondary N) is 1. The fourth-order valence-electron chi connectivity index (χ4n) is 4.52. The summed E-state index contributed by atoms with van der Waals surface area (Å²) >= 11 is 6.56. The van der Waals surface area contributed by atoms with Gasteiger partial charge in [-0.2, -0.15) is 0 Å². The van der Waals surface area contributed by atoms with Crippen molar-refractivity contribution in [1.82, 2.24) is 34.4 Å². The molecule has 3 aromatic heterocycles. The van der Waals surface area contributed by atoms with Crippen LogP contribution in [0.3, 0.4) is 0 Å². The highest BCUT2D eigenvalue weighted by Crippen LogP contribution is 2.34. The molecule has 0 atom stereocenters. The lowest BCUT2D eigenvalue weighted by Gasteiger charge is -2.34. The van der Waals surface area contributed by atoms with Crippen molar-refractivity contribution in [2.24, 2.45) is 7.05 Å². The van der Waals surface area contributed by atoms with Gasteiger partial charge in [0.25, 0.3) is 6.43 Å². The van der Waals surface area contributed by atoms with Crippen molar-refractivity contribution < 1.29 is 13.5 Å². The van der Waals surface area contributed by atoms with Gasteiger partial charge in [-0.1, -0.05) is 11.6 Å². The molecule has 10 nitrogen and oxygen atoms in total. The van der Waals surface area contributed by atoms with E-state index < -0.39 is 6.43 Å². The maximum Gasteiger partial charge on any atom is 0.251 e. The van der Waals surface area contributed by atoms with Crippen molar-refractivity contribution in [2.75, 3.05) is 42.9 Å². The number of aromatic nitrogens is 6. The molecule has 4 heterocycles. The highest BCUT2D eigenvalue weighted by atomic mass is 35.5. The number of halogens is 3. The van der Waals surface area contributed by atoms with Gasteiger partial charge in [-0.05, 0) is 30.3 Å². The van der Waals surface area contributed by atoms with Gasteiger partial charge < -0.3 is 19.5 Å². The van der Waals surface area contributed by atoms with Crippen LogP contribution >= 0.6 is 11.6 Å². The Morgan fingerprint density at radius 1 is 1.00 bits per heavy atom. The highest BCUT2D eigenvalue weighted by molar-refractivity contribution is 6.32. The van der Waals surface area contributed by atoms with E-state index in [1.165, 1.54) is 6.33 Å². The summed E-state index contributed by atoms with van der Waals surface area (Å²) in [6.07, 6.45) is 2.48. The zero-order valence-electron chi connectivity index (χ0n) is 20.9. The molecular weight excluding hydrogens is 528 g/mol. The number of alkyl halides is 2. The van der Waals surface area contributed by atoms with Crippen molar-refractivity contribution in [3.8, 4) is 11.5 Å². The standard InChI is InChI=1S/C26H24ClF2N9O/c1-36-15-33-19-11-17(3-4-21(19)36)39-22-5-2-16(10-18(22)27)34-25-24-20(31-14-32-25)12-30-26(35-24)38-8-6-37(7-9-38)13-23(28)29/h2-5,10-12,14-15,23H,6-9,13H2,1H3,(H,31,32,34). The SMILES string of the molecule is Cn1cnc2cc(Oc3ccc(Nc4ncnc5cnc(N6CCN(CC(F)F)CC6)nc45)cc3Cl)ccc21. The Hall–Kier alpha value is -4.16. The summed E-state index contributed by atoms with van der Waals surface area (Å²) in [6, 6.07) is 11.0. The molecule has 13 heteroatoms. The number of hydrogen-bond acceptors (Lipinski definition) is 9. The number of imidazole rings is 1. The lowest BCUT2D eigenvalue weighted by atomic mass is 10.2. The molecule has 1 N–H and O–H groups in total.